The van der Waals surface area contributed by atoms with Crippen molar-refractivity contribution in [2.45, 2.75) is 4.90 Å². The Morgan fingerprint density at radius 2 is 1.74 bits per heavy atom. The SMILES string of the molecule is CN(C)C(=O)Sc1ccccc1NC(=O)c1nc(-c2cccs2)n(-c2ccccc2)n1. The first kappa shape index (κ1) is 20.8. The highest BCUT2D eigenvalue weighted by Gasteiger charge is 2.21. The van der Waals surface area contributed by atoms with Crippen molar-refractivity contribution in [2.24, 2.45) is 0 Å². The van der Waals surface area contributed by atoms with Gasteiger partial charge in [-0.2, -0.15) is 0 Å². The second-order valence-corrected chi connectivity index (χ2v) is 8.64. The van der Waals surface area contributed by atoms with E-state index >= 15 is 0 Å². The minimum Gasteiger partial charge on any atom is -0.339 e. The Morgan fingerprint density at radius 3 is 2.45 bits per heavy atom. The smallest absolute Gasteiger partial charge is 0.295 e. The lowest BCUT2D eigenvalue weighted by atomic mass is 10.3. The molecule has 9 heteroatoms. The van der Waals surface area contributed by atoms with E-state index in [0.29, 0.717) is 16.4 Å². The molecule has 0 spiro atoms. The Balaban J connectivity index is 1.66. The third kappa shape index (κ3) is 4.68. The summed E-state index contributed by atoms with van der Waals surface area (Å²) in [4.78, 5) is 32.7. The molecule has 1 N–H and O–H groups in total. The number of benzene rings is 2. The van der Waals surface area contributed by atoms with E-state index in [9.17, 15) is 9.59 Å². The first-order chi connectivity index (χ1) is 15.0. The number of amides is 2. The Hall–Kier alpha value is -3.43. The lowest BCUT2D eigenvalue weighted by Gasteiger charge is -2.12. The lowest BCUT2D eigenvalue weighted by Crippen LogP contribution is -2.17. The van der Waals surface area contributed by atoms with Crippen LogP contribution >= 0.6 is 23.1 Å². The molecule has 0 saturated heterocycles. The van der Waals surface area contributed by atoms with Crippen LogP contribution < -0.4 is 5.32 Å². The van der Waals surface area contributed by atoms with Crippen LogP contribution in [0.5, 0.6) is 0 Å². The summed E-state index contributed by atoms with van der Waals surface area (Å²) in [5, 5.41) is 9.13. The van der Waals surface area contributed by atoms with Crippen molar-refractivity contribution < 1.29 is 9.59 Å². The molecule has 0 bridgehead atoms. The van der Waals surface area contributed by atoms with E-state index in [0.717, 1.165) is 22.3 Å². The highest BCUT2D eigenvalue weighted by atomic mass is 32.2. The summed E-state index contributed by atoms with van der Waals surface area (Å²) >= 11 is 2.57. The Labute approximate surface area is 187 Å². The summed E-state index contributed by atoms with van der Waals surface area (Å²) in [6.07, 6.45) is 0. The van der Waals surface area contributed by atoms with E-state index in [1.54, 1.807) is 37.0 Å². The fourth-order valence-electron chi connectivity index (χ4n) is 2.75. The van der Waals surface area contributed by atoms with E-state index < -0.39 is 5.91 Å². The number of thiophene rings is 1. The van der Waals surface area contributed by atoms with Gasteiger partial charge in [-0.25, -0.2) is 9.67 Å². The molecule has 4 aromatic rings. The van der Waals surface area contributed by atoms with Gasteiger partial charge >= 0.3 is 0 Å². The maximum atomic E-state index is 13.0. The molecule has 4 rings (SSSR count). The molecular formula is C22H19N5O2S2. The number of para-hydroxylation sites is 2. The van der Waals surface area contributed by atoms with Gasteiger partial charge in [0.25, 0.3) is 11.1 Å². The molecule has 2 aromatic carbocycles. The van der Waals surface area contributed by atoms with E-state index in [1.165, 1.54) is 16.2 Å². The standard InChI is InChI=1S/C22H19N5O2S2/c1-26(2)22(29)31-17-12-7-6-11-16(17)23-21(28)19-24-20(18-13-8-14-30-18)27(25-19)15-9-4-3-5-10-15/h3-14H,1-2H3,(H,23,28). The first-order valence-electron chi connectivity index (χ1n) is 9.39. The van der Waals surface area contributed by atoms with Crippen molar-refractivity contribution in [3.8, 4) is 16.4 Å². The number of nitrogens with one attached hydrogen (secondary N) is 1. The average molecular weight is 450 g/mol. The van der Waals surface area contributed by atoms with Gasteiger partial charge in [-0.05, 0) is 47.5 Å². The maximum absolute atomic E-state index is 13.0. The molecular weight excluding hydrogens is 430 g/mol. The normalized spacial score (nSPS) is 10.6. The van der Waals surface area contributed by atoms with Crippen molar-refractivity contribution in [1.82, 2.24) is 19.7 Å². The predicted molar refractivity (Wildman–Crippen MR) is 124 cm³/mol. The molecule has 156 valence electrons. The third-order valence-corrected chi connectivity index (χ3v) is 6.23. The van der Waals surface area contributed by atoms with Gasteiger partial charge in [-0.3, -0.25) is 9.59 Å². The monoisotopic (exact) mass is 449 g/mol. The fraction of sp³-hybridized carbons (Fsp3) is 0.0909. The van der Waals surface area contributed by atoms with E-state index in [1.807, 2.05) is 53.9 Å². The zero-order valence-corrected chi connectivity index (χ0v) is 18.5. The summed E-state index contributed by atoms with van der Waals surface area (Å²) < 4.78 is 1.66. The van der Waals surface area contributed by atoms with Crippen LogP contribution in [-0.2, 0) is 0 Å². The van der Waals surface area contributed by atoms with Crippen LogP contribution in [0, 0.1) is 0 Å². The van der Waals surface area contributed by atoms with Crippen molar-refractivity contribution in [3.63, 3.8) is 0 Å². The number of hydrogen-bond donors (Lipinski definition) is 1. The molecule has 0 unspecified atom stereocenters. The number of carbonyl (C=O) groups excluding carboxylic acids is 2. The van der Waals surface area contributed by atoms with Gasteiger partial charge in [0.15, 0.2) is 5.82 Å². The lowest BCUT2D eigenvalue weighted by molar-refractivity contribution is 0.101. The number of nitrogens with zero attached hydrogens (tertiary/aromatic N) is 4. The van der Waals surface area contributed by atoms with E-state index in [4.69, 9.17) is 0 Å². The summed E-state index contributed by atoms with van der Waals surface area (Å²) in [6.45, 7) is 0. The van der Waals surface area contributed by atoms with Crippen LogP contribution in [0.4, 0.5) is 10.5 Å². The average Bonchev–Trinajstić information content (AvgIpc) is 3.45. The van der Waals surface area contributed by atoms with Gasteiger partial charge in [0.2, 0.25) is 5.82 Å². The first-order valence-corrected chi connectivity index (χ1v) is 11.1. The molecule has 0 radical (unpaired) electrons. The van der Waals surface area contributed by atoms with Gasteiger partial charge in [0.05, 0.1) is 16.3 Å². The van der Waals surface area contributed by atoms with Crippen LogP contribution in [0.1, 0.15) is 10.6 Å². The minimum atomic E-state index is -0.446. The second kappa shape index (κ2) is 9.15. The topological polar surface area (TPSA) is 80.1 Å². The molecule has 31 heavy (non-hydrogen) atoms. The van der Waals surface area contributed by atoms with Crippen LogP contribution in [0.2, 0.25) is 0 Å². The third-order valence-electron chi connectivity index (χ3n) is 4.25. The second-order valence-electron chi connectivity index (χ2n) is 6.70. The molecule has 2 heterocycles. The van der Waals surface area contributed by atoms with Crippen molar-refractivity contribution in [3.05, 3.63) is 77.9 Å². The summed E-state index contributed by atoms with van der Waals surface area (Å²) in [6, 6.07) is 20.6. The molecule has 0 aliphatic carbocycles. The van der Waals surface area contributed by atoms with Crippen molar-refractivity contribution in [1.29, 1.82) is 0 Å². The predicted octanol–water partition coefficient (Wildman–Crippen LogP) is 5.02. The van der Waals surface area contributed by atoms with Gasteiger partial charge in [-0.1, -0.05) is 36.4 Å². The zero-order valence-electron chi connectivity index (χ0n) is 16.9. The van der Waals surface area contributed by atoms with Crippen molar-refractivity contribution in [2.75, 3.05) is 19.4 Å². The molecule has 0 aliphatic rings. The summed E-state index contributed by atoms with van der Waals surface area (Å²) in [7, 11) is 3.37. The number of anilines is 1. The highest BCUT2D eigenvalue weighted by molar-refractivity contribution is 8.13. The van der Waals surface area contributed by atoms with Crippen LogP contribution in [0.15, 0.2) is 77.0 Å². The molecule has 7 nitrogen and oxygen atoms in total. The van der Waals surface area contributed by atoms with Gasteiger partial charge < -0.3 is 10.2 Å². The largest absolute Gasteiger partial charge is 0.339 e. The Morgan fingerprint density at radius 1 is 1.00 bits per heavy atom. The van der Waals surface area contributed by atoms with Gasteiger partial charge in [0.1, 0.15) is 0 Å². The minimum absolute atomic E-state index is 0.0472. The highest BCUT2D eigenvalue weighted by Crippen LogP contribution is 2.29. The molecule has 2 aromatic heterocycles. The maximum Gasteiger partial charge on any atom is 0.295 e. The van der Waals surface area contributed by atoms with Crippen LogP contribution in [0.3, 0.4) is 0 Å². The van der Waals surface area contributed by atoms with Gasteiger partial charge in [0, 0.05) is 19.0 Å². The molecule has 2 amide bonds. The zero-order chi connectivity index (χ0) is 21.8. The van der Waals surface area contributed by atoms with Crippen LogP contribution in [-0.4, -0.2) is 44.9 Å². The van der Waals surface area contributed by atoms with E-state index in [2.05, 4.69) is 15.4 Å². The number of rotatable bonds is 5. The number of carbonyl (C=O) groups is 2. The summed E-state index contributed by atoms with van der Waals surface area (Å²) in [5.74, 6) is 0.195. The quantitative estimate of drug-likeness (QED) is 0.433. The number of thioether (sulfide) groups is 1. The molecule has 0 aliphatic heterocycles. The van der Waals surface area contributed by atoms with Crippen molar-refractivity contribution >= 4 is 39.9 Å². The van der Waals surface area contributed by atoms with E-state index in [-0.39, 0.29) is 11.1 Å². The number of hydrogen-bond acceptors (Lipinski definition) is 6. The fourth-order valence-corrected chi connectivity index (χ4v) is 4.19. The van der Waals surface area contributed by atoms with Crippen LogP contribution in [0.25, 0.3) is 16.4 Å². The molecule has 0 saturated carbocycles. The Kier molecular flexibility index (Phi) is 6.15. The molecule has 0 atom stereocenters. The Bertz CT molecular complexity index is 1200. The summed E-state index contributed by atoms with van der Waals surface area (Å²) in [5.41, 5.74) is 1.34. The molecule has 0 fully saturated rings. The number of aromatic nitrogens is 3. The van der Waals surface area contributed by atoms with Gasteiger partial charge in [-0.15, -0.1) is 16.4 Å².